The van der Waals surface area contributed by atoms with Gasteiger partial charge in [0, 0.05) is 19.5 Å². The summed E-state index contributed by atoms with van der Waals surface area (Å²) in [7, 11) is 0. The Hall–Kier alpha value is -0.830. The van der Waals surface area contributed by atoms with Crippen molar-refractivity contribution in [3.05, 3.63) is 12.7 Å². The van der Waals surface area contributed by atoms with Crippen molar-refractivity contribution in [2.75, 3.05) is 19.6 Å². The largest absolute Gasteiger partial charge is 0.343 e. The van der Waals surface area contributed by atoms with E-state index in [4.69, 9.17) is 5.73 Å². The van der Waals surface area contributed by atoms with E-state index in [1.54, 1.807) is 6.08 Å². The predicted octanol–water partition coefficient (Wildman–Crippen LogP) is 1.15. The molecule has 0 bridgehead atoms. The van der Waals surface area contributed by atoms with Gasteiger partial charge in [0.15, 0.2) is 0 Å². The van der Waals surface area contributed by atoms with E-state index in [1.807, 2.05) is 4.90 Å². The van der Waals surface area contributed by atoms with Crippen LogP contribution in [0.25, 0.3) is 0 Å². The topological polar surface area (TPSA) is 46.3 Å². The summed E-state index contributed by atoms with van der Waals surface area (Å²) < 4.78 is 0. The van der Waals surface area contributed by atoms with Gasteiger partial charge in [-0.3, -0.25) is 4.79 Å². The summed E-state index contributed by atoms with van der Waals surface area (Å²) in [6, 6.07) is 0. The lowest BCUT2D eigenvalue weighted by Crippen LogP contribution is -2.39. The van der Waals surface area contributed by atoms with Crippen LogP contribution in [0.2, 0.25) is 0 Å². The zero-order valence-electron chi connectivity index (χ0n) is 8.74. The highest BCUT2D eigenvalue weighted by Gasteiger charge is 2.20. The van der Waals surface area contributed by atoms with Crippen LogP contribution < -0.4 is 5.73 Å². The minimum atomic E-state index is 0.264. The number of hydrogen-bond acceptors (Lipinski definition) is 2. The van der Waals surface area contributed by atoms with Gasteiger partial charge in [-0.25, -0.2) is 0 Å². The number of allylic oxidation sites excluding steroid dienone is 1. The number of hydrogen-bond donors (Lipinski definition) is 1. The molecule has 0 atom stereocenters. The molecule has 0 unspecified atom stereocenters. The van der Waals surface area contributed by atoms with Crippen molar-refractivity contribution in [2.45, 2.75) is 25.7 Å². The molecule has 14 heavy (non-hydrogen) atoms. The molecule has 0 aliphatic carbocycles. The van der Waals surface area contributed by atoms with Gasteiger partial charge >= 0.3 is 0 Å². The number of carbonyl (C=O) groups is 1. The average molecular weight is 196 g/mol. The first-order valence-corrected chi connectivity index (χ1v) is 5.36. The summed E-state index contributed by atoms with van der Waals surface area (Å²) in [6.45, 7) is 6.15. The van der Waals surface area contributed by atoms with Crippen molar-refractivity contribution in [3.63, 3.8) is 0 Å². The van der Waals surface area contributed by atoms with Crippen LogP contribution in [0.15, 0.2) is 12.7 Å². The van der Waals surface area contributed by atoms with Crippen LogP contribution in [-0.2, 0) is 4.79 Å². The number of carbonyl (C=O) groups excluding carboxylic acids is 1. The van der Waals surface area contributed by atoms with Gasteiger partial charge in [-0.15, -0.1) is 6.58 Å². The van der Waals surface area contributed by atoms with Crippen LogP contribution in [0.3, 0.4) is 0 Å². The average Bonchev–Trinajstić information content (AvgIpc) is 2.26. The summed E-state index contributed by atoms with van der Waals surface area (Å²) in [4.78, 5) is 13.6. The molecular weight excluding hydrogens is 176 g/mol. The van der Waals surface area contributed by atoms with E-state index in [1.165, 1.54) is 0 Å². The van der Waals surface area contributed by atoms with Crippen LogP contribution in [0.4, 0.5) is 0 Å². The van der Waals surface area contributed by atoms with E-state index >= 15 is 0 Å². The summed E-state index contributed by atoms with van der Waals surface area (Å²) >= 11 is 0. The second kappa shape index (κ2) is 5.81. The van der Waals surface area contributed by atoms with Gasteiger partial charge in [-0.1, -0.05) is 6.08 Å². The molecule has 1 aliphatic heterocycles. The fraction of sp³-hybridized carbons (Fsp3) is 0.727. The molecule has 1 aliphatic rings. The normalized spacial score (nSPS) is 18.2. The second-order valence-corrected chi connectivity index (χ2v) is 3.89. The lowest BCUT2D eigenvalue weighted by Gasteiger charge is -2.31. The maximum atomic E-state index is 11.6. The molecule has 3 nitrogen and oxygen atoms in total. The van der Waals surface area contributed by atoms with Gasteiger partial charge in [0.05, 0.1) is 0 Å². The number of nitrogens with zero attached hydrogens (tertiary/aromatic N) is 1. The molecule has 1 saturated heterocycles. The molecule has 1 amide bonds. The van der Waals surface area contributed by atoms with Gasteiger partial charge in [0.1, 0.15) is 0 Å². The fourth-order valence-corrected chi connectivity index (χ4v) is 1.80. The summed E-state index contributed by atoms with van der Waals surface area (Å²) in [5, 5.41) is 0. The van der Waals surface area contributed by atoms with Crippen molar-refractivity contribution < 1.29 is 4.79 Å². The Kier molecular flexibility index (Phi) is 4.66. The Labute approximate surface area is 86.0 Å². The molecule has 1 rings (SSSR count). The van der Waals surface area contributed by atoms with Gasteiger partial charge in [-0.2, -0.15) is 0 Å². The number of rotatable bonds is 4. The van der Waals surface area contributed by atoms with Crippen LogP contribution >= 0.6 is 0 Å². The highest BCUT2D eigenvalue weighted by atomic mass is 16.2. The van der Waals surface area contributed by atoms with E-state index in [0.29, 0.717) is 12.3 Å². The van der Waals surface area contributed by atoms with Crippen LogP contribution in [-0.4, -0.2) is 30.4 Å². The van der Waals surface area contributed by atoms with Crippen molar-refractivity contribution >= 4 is 5.91 Å². The first kappa shape index (κ1) is 11.2. The molecule has 80 valence electrons. The first-order chi connectivity index (χ1) is 6.77. The highest BCUT2D eigenvalue weighted by Crippen LogP contribution is 2.16. The molecule has 0 aromatic heterocycles. The summed E-state index contributed by atoms with van der Waals surface area (Å²) in [5.74, 6) is 0.888. The zero-order chi connectivity index (χ0) is 10.4. The van der Waals surface area contributed by atoms with Crippen molar-refractivity contribution in [3.8, 4) is 0 Å². The van der Waals surface area contributed by atoms with E-state index in [2.05, 4.69) is 6.58 Å². The number of amides is 1. The molecular formula is C11H20N2O. The Morgan fingerprint density at radius 1 is 1.50 bits per heavy atom. The van der Waals surface area contributed by atoms with Gasteiger partial charge < -0.3 is 10.6 Å². The standard InChI is InChI=1S/C11H20N2O/c1-2-3-4-11(14)13-7-5-10(9-12)6-8-13/h2,10H,1,3-9,12H2. The molecule has 0 aromatic carbocycles. The minimum Gasteiger partial charge on any atom is -0.343 e. The Balaban J connectivity index is 2.26. The van der Waals surface area contributed by atoms with E-state index < -0.39 is 0 Å². The maximum absolute atomic E-state index is 11.6. The molecule has 0 saturated carbocycles. The molecule has 0 radical (unpaired) electrons. The molecule has 0 aromatic rings. The molecule has 3 heteroatoms. The quantitative estimate of drug-likeness (QED) is 0.686. The molecule has 0 spiro atoms. The Morgan fingerprint density at radius 2 is 2.14 bits per heavy atom. The van der Waals surface area contributed by atoms with Gasteiger partial charge in [0.2, 0.25) is 5.91 Å². The fourth-order valence-electron chi connectivity index (χ4n) is 1.80. The predicted molar refractivity (Wildman–Crippen MR) is 57.8 cm³/mol. The lowest BCUT2D eigenvalue weighted by atomic mass is 9.97. The first-order valence-electron chi connectivity index (χ1n) is 5.36. The SMILES string of the molecule is C=CCCC(=O)N1CCC(CN)CC1. The monoisotopic (exact) mass is 196 g/mol. The van der Waals surface area contributed by atoms with E-state index in [0.717, 1.165) is 38.9 Å². The van der Waals surface area contributed by atoms with E-state index in [-0.39, 0.29) is 5.91 Å². The van der Waals surface area contributed by atoms with E-state index in [9.17, 15) is 4.79 Å². The number of piperidine rings is 1. The Bertz CT molecular complexity index is 195. The molecule has 1 heterocycles. The third-order valence-corrected chi connectivity index (χ3v) is 2.86. The minimum absolute atomic E-state index is 0.264. The molecule has 1 fully saturated rings. The highest BCUT2D eigenvalue weighted by molar-refractivity contribution is 5.76. The van der Waals surface area contributed by atoms with Gasteiger partial charge in [-0.05, 0) is 31.7 Å². The van der Waals surface area contributed by atoms with Gasteiger partial charge in [0.25, 0.3) is 0 Å². The van der Waals surface area contributed by atoms with Crippen LogP contribution in [0, 0.1) is 5.92 Å². The smallest absolute Gasteiger partial charge is 0.222 e. The number of nitrogens with two attached hydrogens (primary N) is 1. The number of likely N-dealkylation sites (tertiary alicyclic amines) is 1. The summed E-state index contributed by atoms with van der Waals surface area (Å²) in [6.07, 6.45) is 5.32. The third kappa shape index (κ3) is 3.14. The molecule has 2 N–H and O–H groups in total. The third-order valence-electron chi connectivity index (χ3n) is 2.86. The van der Waals surface area contributed by atoms with Crippen LogP contribution in [0.5, 0.6) is 0 Å². The van der Waals surface area contributed by atoms with Crippen molar-refractivity contribution in [2.24, 2.45) is 11.7 Å². The summed E-state index contributed by atoms with van der Waals surface area (Å²) in [5.41, 5.74) is 5.59. The second-order valence-electron chi connectivity index (χ2n) is 3.89. The zero-order valence-corrected chi connectivity index (χ0v) is 8.74. The van der Waals surface area contributed by atoms with Crippen molar-refractivity contribution in [1.82, 2.24) is 4.90 Å². The maximum Gasteiger partial charge on any atom is 0.222 e. The lowest BCUT2D eigenvalue weighted by molar-refractivity contribution is -0.132. The Morgan fingerprint density at radius 3 is 2.64 bits per heavy atom. The van der Waals surface area contributed by atoms with Crippen molar-refractivity contribution in [1.29, 1.82) is 0 Å². The van der Waals surface area contributed by atoms with Crippen LogP contribution in [0.1, 0.15) is 25.7 Å².